The lowest BCUT2D eigenvalue weighted by Gasteiger charge is -2.17. The topological polar surface area (TPSA) is 35.2 Å². The Morgan fingerprint density at radius 3 is 2.29 bits per heavy atom. The van der Waals surface area contributed by atoms with Crippen LogP contribution in [0.2, 0.25) is 0 Å². The first-order valence-corrected chi connectivity index (χ1v) is 6.26. The van der Waals surface area contributed by atoms with Gasteiger partial charge in [0.25, 0.3) is 0 Å². The van der Waals surface area contributed by atoms with E-state index in [2.05, 4.69) is 20.8 Å². The van der Waals surface area contributed by atoms with E-state index in [1.54, 1.807) is 0 Å². The van der Waals surface area contributed by atoms with Gasteiger partial charge in [0, 0.05) is 12.2 Å². The monoisotopic (exact) mass is 251 g/mol. The zero-order valence-corrected chi connectivity index (χ0v) is 11.6. The van der Waals surface area contributed by atoms with Crippen LogP contribution in [0.4, 0.5) is 0 Å². The molecule has 3 heteroatoms. The molecular formula is C14H21NOS. The zero-order chi connectivity index (χ0) is 12.9. The summed E-state index contributed by atoms with van der Waals surface area (Å²) >= 11 is 4.90. The normalized spacial score (nSPS) is 11.5. The molecule has 17 heavy (non-hydrogen) atoms. The highest BCUT2D eigenvalue weighted by atomic mass is 32.1. The van der Waals surface area contributed by atoms with Crippen LogP contribution < -0.4 is 5.73 Å². The largest absolute Gasteiger partial charge is 0.389 e. The lowest BCUT2D eigenvalue weighted by Crippen LogP contribution is -2.10. The van der Waals surface area contributed by atoms with Crippen LogP contribution >= 0.6 is 12.2 Å². The summed E-state index contributed by atoms with van der Waals surface area (Å²) in [5.74, 6) is 0. The van der Waals surface area contributed by atoms with Crippen molar-refractivity contribution >= 4 is 17.2 Å². The molecule has 0 aliphatic rings. The molecule has 94 valence electrons. The Bertz CT molecular complexity index is 365. The molecule has 0 heterocycles. The van der Waals surface area contributed by atoms with Crippen molar-refractivity contribution < 1.29 is 4.74 Å². The molecule has 1 aromatic carbocycles. The molecule has 2 nitrogen and oxygen atoms in total. The summed E-state index contributed by atoms with van der Waals surface area (Å²) in [5, 5.41) is 0. The van der Waals surface area contributed by atoms with Gasteiger partial charge in [-0.05, 0) is 17.4 Å². The van der Waals surface area contributed by atoms with Gasteiger partial charge in [-0.25, -0.2) is 0 Å². The van der Waals surface area contributed by atoms with Crippen molar-refractivity contribution in [2.75, 3.05) is 6.61 Å². The van der Waals surface area contributed by atoms with E-state index in [4.69, 9.17) is 22.7 Å². The molecule has 0 aliphatic heterocycles. The molecule has 0 spiro atoms. The second-order valence-corrected chi connectivity index (χ2v) is 5.86. The van der Waals surface area contributed by atoms with Crippen molar-refractivity contribution in [3.63, 3.8) is 0 Å². The molecule has 0 atom stereocenters. The second kappa shape index (κ2) is 6.12. The molecule has 1 aromatic rings. The summed E-state index contributed by atoms with van der Waals surface area (Å²) < 4.78 is 5.63. The number of nitrogens with two attached hydrogens (primary N) is 1. The zero-order valence-electron chi connectivity index (χ0n) is 10.8. The standard InChI is InChI=1S/C14H21NOS/c1-14(2,3)8-9-16-10-11-4-6-12(7-5-11)13(15)17/h4-7H,8-10H2,1-3H3,(H2,15,17). The van der Waals surface area contributed by atoms with Crippen LogP contribution in [0.5, 0.6) is 0 Å². The first-order valence-electron chi connectivity index (χ1n) is 5.85. The van der Waals surface area contributed by atoms with Gasteiger partial charge < -0.3 is 10.5 Å². The first kappa shape index (κ1) is 14.1. The average Bonchev–Trinajstić information content (AvgIpc) is 2.24. The SMILES string of the molecule is CC(C)(C)CCOCc1ccc(C(N)=S)cc1. The smallest absolute Gasteiger partial charge is 0.103 e. The average molecular weight is 251 g/mol. The van der Waals surface area contributed by atoms with Crippen molar-refractivity contribution in [2.24, 2.45) is 11.1 Å². The van der Waals surface area contributed by atoms with E-state index >= 15 is 0 Å². The summed E-state index contributed by atoms with van der Waals surface area (Å²) in [5.41, 5.74) is 7.92. The van der Waals surface area contributed by atoms with E-state index in [1.165, 1.54) is 0 Å². The Balaban J connectivity index is 2.35. The number of ether oxygens (including phenoxy) is 1. The van der Waals surface area contributed by atoms with Crippen LogP contribution in [0, 0.1) is 5.41 Å². The quantitative estimate of drug-likeness (QED) is 0.644. The predicted molar refractivity (Wildman–Crippen MR) is 76.1 cm³/mol. The Hall–Kier alpha value is -0.930. The Labute approximate surface area is 109 Å². The van der Waals surface area contributed by atoms with E-state index in [9.17, 15) is 0 Å². The van der Waals surface area contributed by atoms with Crippen LogP contribution in [0.1, 0.15) is 38.3 Å². The van der Waals surface area contributed by atoms with Crippen molar-refractivity contribution in [3.8, 4) is 0 Å². The van der Waals surface area contributed by atoms with Gasteiger partial charge in [-0.2, -0.15) is 0 Å². The molecule has 0 fully saturated rings. The third-order valence-corrected chi connectivity index (χ3v) is 2.74. The Kier molecular flexibility index (Phi) is 5.09. The van der Waals surface area contributed by atoms with Crippen molar-refractivity contribution in [3.05, 3.63) is 35.4 Å². The van der Waals surface area contributed by atoms with Gasteiger partial charge in [0.15, 0.2) is 0 Å². The highest BCUT2D eigenvalue weighted by Crippen LogP contribution is 2.18. The lowest BCUT2D eigenvalue weighted by molar-refractivity contribution is 0.0962. The third kappa shape index (κ3) is 5.80. The van der Waals surface area contributed by atoms with Crippen LogP contribution in [0.3, 0.4) is 0 Å². The number of thiocarbonyl (C=S) groups is 1. The number of hydrogen-bond donors (Lipinski definition) is 1. The maximum Gasteiger partial charge on any atom is 0.103 e. The van der Waals surface area contributed by atoms with E-state index < -0.39 is 0 Å². The molecule has 1 rings (SSSR count). The molecular weight excluding hydrogens is 230 g/mol. The molecule has 0 aliphatic carbocycles. The Morgan fingerprint density at radius 1 is 1.24 bits per heavy atom. The fourth-order valence-electron chi connectivity index (χ4n) is 1.33. The molecule has 0 bridgehead atoms. The second-order valence-electron chi connectivity index (χ2n) is 5.42. The fraction of sp³-hybridized carbons (Fsp3) is 0.500. The third-order valence-electron chi connectivity index (χ3n) is 2.50. The number of hydrogen-bond acceptors (Lipinski definition) is 2. The maximum absolute atomic E-state index is 5.63. The van der Waals surface area contributed by atoms with Crippen molar-refractivity contribution in [2.45, 2.75) is 33.8 Å². The van der Waals surface area contributed by atoms with Gasteiger partial charge >= 0.3 is 0 Å². The predicted octanol–water partition coefficient (Wildman–Crippen LogP) is 3.27. The molecule has 0 amide bonds. The van der Waals surface area contributed by atoms with Gasteiger partial charge in [-0.15, -0.1) is 0 Å². The van der Waals surface area contributed by atoms with E-state index in [0.29, 0.717) is 17.0 Å². The highest BCUT2D eigenvalue weighted by Gasteiger charge is 2.09. The van der Waals surface area contributed by atoms with Gasteiger partial charge in [0.05, 0.1) is 6.61 Å². The Morgan fingerprint density at radius 2 is 1.82 bits per heavy atom. The molecule has 0 saturated heterocycles. The van der Waals surface area contributed by atoms with Gasteiger partial charge in [0.1, 0.15) is 4.99 Å². The highest BCUT2D eigenvalue weighted by molar-refractivity contribution is 7.80. The van der Waals surface area contributed by atoms with Crippen LogP contribution in [0.25, 0.3) is 0 Å². The van der Waals surface area contributed by atoms with E-state index in [1.807, 2.05) is 24.3 Å². The molecule has 0 aromatic heterocycles. The summed E-state index contributed by atoms with van der Waals surface area (Å²) in [6.07, 6.45) is 1.07. The van der Waals surface area contributed by atoms with Crippen molar-refractivity contribution in [1.29, 1.82) is 0 Å². The van der Waals surface area contributed by atoms with Gasteiger partial charge in [-0.1, -0.05) is 57.3 Å². The summed E-state index contributed by atoms with van der Waals surface area (Å²) in [4.78, 5) is 0.435. The summed E-state index contributed by atoms with van der Waals surface area (Å²) in [6.45, 7) is 8.09. The van der Waals surface area contributed by atoms with E-state index in [0.717, 1.165) is 24.2 Å². The van der Waals surface area contributed by atoms with Gasteiger partial charge in [-0.3, -0.25) is 0 Å². The van der Waals surface area contributed by atoms with Crippen LogP contribution in [-0.4, -0.2) is 11.6 Å². The fourth-order valence-corrected chi connectivity index (χ4v) is 1.47. The minimum atomic E-state index is 0.329. The molecule has 0 radical (unpaired) electrons. The maximum atomic E-state index is 5.63. The molecule has 0 saturated carbocycles. The first-order chi connectivity index (χ1) is 7.88. The molecule has 0 unspecified atom stereocenters. The van der Waals surface area contributed by atoms with E-state index in [-0.39, 0.29) is 0 Å². The van der Waals surface area contributed by atoms with Crippen LogP contribution in [0.15, 0.2) is 24.3 Å². The molecule has 2 N–H and O–H groups in total. The van der Waals surface area contributed by atoms with Crippen LogP contribution in [-0.2, 0) is 11.3 Å². The summed E-state index contributed by atoms with van der Waals surface area (Å²) in [7, 11) is 0. The van der Waals surface area contributed by atoms with Gasteiger partial charge in [0.2, 0.25) is 0 Å². The summed E-state index contributed by atoms with van der Waals surface area (Å²) in [6, 6.07) is 7.88. The van der Waals surface area contributed by atoms with Crippen molar-refractivity contribution in [1.82, 2.24) is 0 Å². The number of rotatable bonds is 5. The minimum Gasteiger partial charge on any atom is -0.389 e. The minimum absolute atomic E-state index is 0.329. The lowest BCUT2D eigenvalue weighted by atomic mass is 9.93. The number of benzene rings is 1.